The maximum absolute atomic E-state index is 12.9. The highest BCUT2D eigenvalue weighted by molar-refractivity contribution is 5.93. The molecule has 0 aromatic heterocycles. The van der Waals surface area contributed by atoms with E-state index in [9.17, 15) is 9.18 Å². The van der Waals surface area contributed by atoms with Crippen LogP contribution in [0.5, 0.6) is 0 Å². The highest BCUT2D eigenvalue weighted by Crippen LogP contribution is 2.18. The molecular formula is C16H17FN2O. The second kappa shape index (κ2) is 6.82. The number of anilines is 1. The zero-order valence-corrected chi connectivity index (χ0v) is 11.1. The van der Waals surface area contributed by atoms with Crippen molar-refractivity contribution in [1.29, 1.82) is 0 Å². The Bertz CT molecular complexity index is 554. The van der Waals surface area contributed by atoms with Crippen molar-refractivity contribution >= 4 is 11.6 Å². The number of rotatable bonds is 5. The summed E-state index contributed by atoms with van der Waals surface area (Å²) in [5.41, 5.74) is 7.15. The minimum atomic E-state index is -0.284. The fourth-order valence-corrected chi connectivity index (χ4v) is 1.96. The number of carbonyl (C=O) groups excluding carboxylic acids is 1. The largest absolute Gasteiger partial charge is 0.330 e. The summed E-state index contributed by atoms with van der Waals surface area (Å²) in [4.78, 5) is 13.9. The average Bonchev–Trinajstić information content (AvgIpc) is 2.48. The van der Waals surface area contributed by atoms with Gasteiger partial charge in [0.1, 0.15) is 5.82 Å². The highest BCUT2D eigenvalue weighted by Gasteiger charge is 2.15. The Kier molecular flexibility index (Phi) is 4.85. The monoisotopic (exact) mass is 272 g/mol. The summed E-state index contributed by atoms with van der Waals surface area (Å²) in [5.74, 6) is -0.323. The minimum Gasteiger partial charge on any atom is -0.330 e. The first-order valence-corrected chi connectivity index (χ1v) is 6.50. The zero-order valence-electron chi connectivity index (χ0n) is 11.1. The molecule has 0 bridgehead atoms. The molecule has 0 unspecified atom stereocenters. The number of benzene rings is 2. The Morgan fingerprint density at radius 3 is 2.30 bits per heavy atom. The van der Waals surface area contributed by atoms with E-state index < -0.39 is 0 Å². The van der Waals surface area contributed by atoms with Gasteiger partial charge in [0, 0.05) is 18.7 Å². The van der Waals surface area contributed by atoms with Gasteiger partial charge in [0.05, 0.1) is 6.54 Å². The van der Waals surface area contributed by atoms with Crippen LogP contribution in [-0.2, 0) is 11.3 Å². The third-order valence-corrected chi connectivity index (χ3v) is 2.98. The lowest BCUT2D eigenvalue weighted by atomic mass is 10.1. The van der Waals surface area contributed by atoms with E-state index in [1.165, 1.54) is 12.1 Å². The van der Waals surface area contributed by atoms with Gasteiger partial charge >= 0.3 is 0 Å². The smallest absolute Gasteiger partial charge is 0.228 e. The molecule has 0 heterocycles. The van der Waals surface area contributed by atoms with Crippen LogP contribution in [0.1, 0.15) is 12.0 Å². The molecule has 0 atom stereocenters. The van der Waals surface area contributed by atoms with Crippen molar-refractivity contribution in [3.63, 3.8) is 0 Å². The van der Waals surface area contributed by atoms with Gasteiger partial charge in [0.2, 0.25) is 5.91 Å². The molecule has 2 aromatic rings. The maximum Gasteiger partial charge on any atom is 0.228 e. The van der Waals surface area contributed by atoms with E-state index >= 15 is 0 Å². The summed E-state index contributed by atoms with van der Waals surface area (Å²) in [6.07, 6.45) is 0.288. The van der Waals surface area contributed by atoms with Crippen LogP contribution in [-0.4, -0.2) is 12.5 Å². The lowest BCUT2D eigenvalue weighted by Crippen LogP contribution is -2.31. The fraction of sp³-hybridized carbons (Fsp3) is 0.188. The number of hydrogen-bond acceptors (Lipinski definition) is 2. The van der Waals surface area contributed by atoms with Gasteiger partial charge in [-0.3, -0.25) is 4.79 Å². The number of hydrogen-bond donors (Lipinski definition) is 1. The lowest BCUT2D eigenvalue weighted by Gasteiger charge is -2.23. The Morgan fingerprint density at radius 2 is 1.70 bits per heavy atom. The van der Waals surface area contributed by atoms with Gasteiger partial charge in [0.25, 0.3) is 0 Å². The second-order valence-corrected chi connectivity index (χ2v) is 4.48. The second-order valence-electron chi connectivity index (χ2n) is 4.48. The Balaban J connectivity index is 2.23. The lowest BCUT2D eigenvalue weighted by molar-refractivity contribution is -0.118. The molecule has 2 rings (SSSR count). The molecule has 1 amide bonds. The summed E-state index contributed by atoms with van der Waals surface area (Å²) >= 11 is 0. The van der Waals surface area contributed by atoms with E-state index in [1.807, 2.05) is 30.3 Å². The molecule has 20 heavy (non-hydrogen) atoms. The maximum atomic E-state index is 12.9. The summed E-state index contributed by atoms with van der Waals surface area (Å²) in [7, 11) is 0. The molecule has 0 radical (unpaired) electrons. The summed E-state index contributed by atoms with van der Waals surface area (Å²) in [6, 6.07) is 15.5. The van der Waals surface area contributed by atoms with Crippen molar-refractivity contribution in [3.05, 3.63) is 66.0 Å². The van der Waals surface area contributed by atoms with Crippen molar-refractivity contribution in [1.82, 2.24) is 0 Å². The van der Waals surface area contributed by atoms with E-state index in [2.05, 4.69) is 0 Å². The summed E-state index contributed by atoms with van der Waals surface area (Å²) < 4.78 is 12.9. The molecule has 2 aromatic carbocycles. The van der Waals surface area contributed by atoms with Crippen molar-refractivity contribution in [2.24, 2.45) is 5.73 Å². The van der Waals surface area contributed by atoms with E-state index in [-0.39, 0.29) is 18.1 Å². The number of amides is 1. The normalized spacial score (nSPS) is 10.3. The van der Waals surface area contributed by atoms with E-state index in [4.69, 9.17) is 5.73 Å². The Morgan fingerprint density at radius 1 is 1.05 bits per heavy atom. The molecule has 0 spiro atoms. The first-order valence-electron chi connectivity index (χ1n) is 6.50. The van der Waals surface area contributed by atoms with Crippen molar-refractivity contribution < 1.29 is 9.18 Å². The van der Waals surface area contributed by atoms with Gasteiger partial charge in [-0.15, -0.1) is 0 Å². The van der Waals surface area contributed by atoms with Crippen molar-refractivity contribution in [2.45, 2.75) is 13.0 Å². The molecule has 3 nitrogen and oxygen atoms in total. The predicted octanol–water partition coefficient (Wildman–Crippen LogP) is 2.71. The number of nitrogens with zero attached hydrogens (tertiary/aromatic N) is 1. The average molecular weight is 272 g/mol. The summed E-state index contributed by atoms with van der Waals surface area (Å²) in [5, 5.41) is 0. The zero-order chi connectivity index (χ0) is 14.4. The molecule has 0 saturated heterocycles. The number of nitrogens with two attached hydrogens (primary N) is 1. The van der Waals surface area contributed by atoms with Gasteiger partial charge in [-0.1, -0.05) is 30.3 Å². The molecule has 2 N–H and O–H groups in total. The topological polar surface area (TPSA) is 46.3 Å². The Labute approximate surface area is 117 Å². The van der Waals surface area contributed by atoms with E-state index in [0.717, 1.165) is 11.3 Å². The van der Waals surface area contributed by atoms with Crippen LogP contribution in [0, 0.1) is 5.82 Å². The Hall–Kier alpha value is -2.20. The predicted molar refractivity (Wildman–Crippen MR) is 77.7 cm³/mol. The van der Waals surface area contributed by atoms with Gasteiger partial charge in [0.15, 0.2) is 0 Å². The number of carbonyl (C=O) groups is 1. The van der Waals surface area contributed by atoms with E-state index in [0.29, 0.717) is 13.1 Å². The molecule has 0 aliphatic carbocycles. The highest BCUT2D eigenvalue weighted by atomic mass is 19.1. The van der Waals surface area contributed by atoms with Crippen LogP contribution in [0.15, 0.2) is 54.6 Å². The van der Waals surface area contributed by atoms with Crippen LogP contribution < -0.4 is 10.6 Å². The molecule has 0 aliphatic rings. The molecule has 0 aliphatic heterocycles. The van der Waals surface area contributed by atoms with Crippen molar-refractivity contribution in [3.8, 4) is 0 Å². The van der Waals surface area contributed by atoms with Gasteiger partial charge in [-0.25, -0.2) is 4.39 Å². The third-order valence-electron chi connectivity index (χ3n) is 2.98. The molecule has 0 fully saturated rings. The molecule has 4 heteroatoms. The molecule has 0 saturated carbocycles. The first-order chi connectivity index (χ1) is 9.70. The van der Waals surface area contributed by atoms with Gasteiger partial charge in [-0.2, -0.15) is 0 Å². The van der Waals surface area contributed by atoms with Gasteiger partial charge < -0.3 is 10.6 Å². The number of para-hydroxylation sites is 1. The third kappa shape index (κ3) is 3.65. The van der Waals surface area contributed by atoms with Crippen LogP contribution in [0.3, 0.4) is 0 Å². The van der Waals surface area contributed by atoms with Crippen molar-refractivity contribution in [2.75, 3.05) is 11.4 Å². The quantitative estimate of drug-likeness (QED) is 0.909. The van der Waals surface area contributed by atoms with Crippen LogP contribution in [0.25, 0.3) is 0 Å². The van der Waals surface area contributed by atoms with Crippen LogP contribution in [0.2, 0.25) is 0 Å². The molecule has 104 valence electrons. The SMILES string of the molecule is NCCC(=O)N(Cc1ccc(F)cc1)c1ccccc1. The fourth-order valence-electron chi connectivity index (χ4n) is 1.96. The summed E-state index contributed by atoms with van der Waals surface area (Å²) in [6.45, 7) is 0.717. The van der Waals surface area contributed by atoms with E-state index in [1.54, 1.807) is 17.0 Å². The standard InChI is InChI=1S/C16H17FN2O/c17-14-8-6-13(7-9-14)12-19(16(20)10-11-18)15-4-2-1-3-5-15/h1-9H,10-12,18H2. The number of halogens is 1. The first kappa shape index (κ1) is 14.2. The molecular weight excluding hydrogens is 255 g/mol. The van der Waals surface area contributed by atoms with Gasteiger partial charge in [-0.05, 0) is 29.8 Å². The van der Waals surface area contributed by atoms with Crippen LogP contribution in [0.4, 0.5) is 10.1 Å². The van der Waals surface area contributed by atoms with Crippen LogP contribution >= 0.6 is 0 Å². The minimum absolute atomic E-state index is 0.0389.